The number of benzene rings is 1. The summed E-state index contributed by atoms with van der Waals surface area (Å²) in [5, 5.41) is 18.0. The second-order valence-electron chi connectivity index (χ2n) is 4.36. The first-order valence-electron chi connectivity index (χ1n) is 5.70. The number of hydrogen-bond acceptors (Lipinski definition) is 4. The van der Waals surface area contributed by atoms with E-state index in [0.717, 1.165) is 35.7 Å². The summed E-state index contributed by atoms with van der Waals surface area (Å²) in [5.74, 6) is 1.75. The Morgan fingerprint density at radius 1 is 1.24 bits per heavy atom. The van der Waals surface area contributed by atoms with E-state index in [1.165, 1.54) is 0 Å². The van der Waals surface area contributed by atoms with E-state index in [4.69, 9.17) is 5.73 Å². The minimum Gasteiger partial charge on any atom is -0.399 e. The highest BCUT2D eigenvalue weighted by atomic mass is 16.3. The first-order valence-corrected chi connectivity index (χ1v) is 5.70. The molecule has 1 unspecified atom stereocenters. The molecule has 0 saturated carbocycles. The molecule has 2 aromatic rings. The Hall–Kier alpha value is -1.88. The van der Waals surface area contributed by atoms with Crippen molar-refractivity contribution >= 4 is 5.69 Å². The average molecular weight is 230 g/mol. The minimum absolute atomic E-state index is 0.300. The van der Waals surface area contributed by atoms with Crippen LogP contribution in [0.1, 0.15) is 12.2 Å². The lowest BCUT2D eigenvalue weighted by Crippen LogP contribution is -2.24. The molecule has 17 heavy (non-hydrogen) atoms. The van der Waals surface area contributed by atoms with Crippen LogP contribution in [-0.2, 0) is 13.0 Å². The quantitative estimate of drug-likeness (QED) is 0.711. The third-order valence-electron chi connectivity index (χ3n) is 3.09. The summed E-state index contributed by atoms with van der Waals surface area (Å²) in [4.78, 5) is 0. The van der Waals surface area contributed by atoms with Gasteiger partial charge in [0.15, 0.2) is 5.82 Å². The standard InChI is InChI=1S/C12H14N4O/c13-9-3-1-8(2-4-9)12-15-14-11-6-5-10(17)7-16(11)12/h1-4,10,17H,5-7,13H2. The smallest absolute Gasteiger partial charge is 0.164 e. The van der Waals surface area contributed by atoms with Crippen LogP contribution in [0.2, 0.25) is 0 Å². The number of aliphatic hydroxyl groups excluding tert-OH is 1. The van der Waals surface area contributed by atoms with Crippen LogP contribution in [0.15, 0.2) is 24.3 Å². The van der Waals surface area contributed by atoms with E-state index in [2.05, 4.69) is 10.2 Å². The summed E-state index contributed by atoms with van der Waals surface area (Å²) in [6, 6.07) is 7.54. The van der Waals surface area contributed by atoms with Crippen molar-refractivity contribution in [1.82, 2.24) is 14.8 Å². The molecule has 5 heteroatoms. The topological polar surface area (TPSA) is 77.0 Å². The minimum atomic E-state index is -0.300. The molecule has 3 rings (SSSR count). The van der Waals surface area contributed by atoms with E-state index >= 15 is 0 Å². The first kappa shape index (κ1) is 10.3. The summed E-state index contributed by atoms with van der Waals surface area (Å²) >= 11 is 0. The number of aliphatic hydroxyl groups is 1. The third-order valence-corrected chi connectivity index (χ3v) is 3.09. The summed E-state index contributed by atoms with van der Waals surface area (Å²) < 4.78 is 1.99. The van der Waals surface area contributed by atoms with Crippen molar-refractivity contribution in [1.29, 1.82) is 0 Å². The van der Waals surface area contributed by atoms with Crippen LogP contribution in [0.5, 0.6) is 0 Å². The predicted molar refractivity (Wildman–Crippen MR) is 64.2 cm³/mol. The highest BCUT2D eigenvalue weighted by Gasteiger charge is 2.21. The van der Waals surface area contributed by atoms with Crippen molar-refractivity contribution in [2.45, 2.75) is 25.5 Å². The molecule has 3 N–H and O–H groups in total. The van der Waals surface area contributed by atoms with Gasteiger partial charge in [-0.3, -0.25) is 0 Å². The van der Waals surface area contributed by atoms with E-state index in [1.807, 2.05) is 28.8 Å². The molecular formula is C12H14N4O. The Morgan fingerprint density at radius 3 is 2.76 bits per heavy atom. The Labute approximate surface area is 98.9 Å². The van der Waals surface area contributed by atoms with Crippen LogP contribution in [0.4, 0.5) is 5.69 Å². The number of aromatic nitrogens is 3. The molecule has 0 spiro atoms. The van der Waals surface area contributed by atoms with Gasteiger partial charge in [-0.2, -0.15) is 0 Å². The molecule has 0 fully saturated rings. The van der Waals surface area contributed by atoms with Gasteiger partial charge in [0.25, 0.3) is 0 Å². The zero-order valence-electron chi connectivity index (χ0n) is 9.37. The van der Waals surface area contributed by atoms with Crippen LogP contribution in [0.3, 0.4) is 0 Å². The summed E-state index contributed by atoms with van der Waals surface area (Å²) in [7, 11) is 0. The second-order valence-corrected chi connectivity index (χ2v) is 4.36. The molecule has 2 heterocycles. The van der Waals surface area contributed by atoms with Gasteiger partial charge in [0.2, 0.25) is 0 Å². The molecule has 0 aliphatic carbocycles. The third kappa shape index (κ3) is 1.78. The van der Waals surface area contributed by atoms with E-state index < -0.39 is 0 Å². The molecule has 1 aliphatic heterocycles. The van der Waals surface area contributed by atoms with E-state index in [0.29, 0.717) is 6.54 Å². The van der Waals surface area contributed by atoms with Crippen LogP contribution < -0.4 is 5.73 Å². The average Bonchev–Trinajstić information content (AvgIpc) is 2.73. The molecule has 1 aromatic carbocycles. The fourth-order valence-electron chi connectivity index (χ4n) is 2.16. The van der Waals surface area contributed by atoms with Gasteiger partial charge in [-0.25, -0.2) is 0 Å². The van der Waals surface area contributed by atoms with Gasteiger partial charge in [0, 0.05) is 17.7 Å². The number of aryl methyl sites for hydroxylation is 1. The van der Waals surface area contributed by atoms with Crippen molar-refractivity contribution in [3.8, 4) is 11.4 Å². The lowest BCUT2D eigenvalue weighted by molar-refractivity contribution is 0.131. The zero-order valence-corrected chi connectivity index (χ0v) is 9.37. The normalized spacial score (nSPS) is 19.0. The Morgan fingerprint density at radius 2 is 2.00 bits per heavy atom. The molecule has 1 atom stereocenters. The number of nitrogens with two attached hydrogens (primary N) is 1. The Balaban J connectivity index is 2.04. The molecular weight excluding hydrogens is 216 g/mol. The highest BCUT2D eigenvalue weighted by molar-refractivity contribution is 5.59. The van der Waals surface area contributed by atoms with Crippen molar-refractivity contribution in [3.05, 3.63) is 30.1 Å². The number of anilines is 1. The van der Waals surface area contributed by atoms with Crippen LogP contribution in [-0.4, -0.2) is 26.0 Å². The van der Waals surface area contributed by atoms with E-state index in [-0.39, 0.29) is 6.10 Å². The number of fused-ring (bicyclic) bond motifs is 1. The summed E-state index contributed by atoms with van der Waals surface area (Å²) in [5.41, 5.74) is 7.36. The summed E-state index contributed by atoms with van der Waals surface area (Å²) in [6.45, 7) is 0.571. The van der Waals surface area contributed by atoms with Crippen molar-refractivity contribution in [2.75, 3.05) is 5.73 Å². The van der Waals surface area contributed by atoms with Crippen molar-refractivity contribution < 1.29 is 5.11 Å². The molecule has 0 bridgehead atoms. The van der Waals surface area contributed by atoms with Gasteiger partial charge in [-0.05, 0) is 30.7 Å². The molecule has 0 saturated heterocycles. The maximum Gasteiger partial charge on any atom is 0.164 e. The number of nitrogens with zero attached hydrogens (tertiary/aromatic N) is 3. The maximum absolute atomic E-state index is 9.69. The molecule has 0 radical (unpaired) electrons. The van der Waals surface area contributed by atoms with Crippen LogP contribution in [0.25, 0.3) is 11.4 Å². The fourth-order valence-corrected chi connectivity index (χ4v) is 2.16. The molecule has 0 amide bonds. The van der Waals surface area contributed by atoms with Crippen molar-refractivity contribution in [2.24, 2.45) is 0 Å². The van der Waals surface area contributed by atoms with Gasteiger partial charge < -0.3 is 15.4 Å². The number of nitrogen functional groups attached to an aromatic ring is 1. The largest absolute Gasteiger partial charge is 0.399 e. The SMILES string of the molecule is Nc1ccc(-c2nnc3n2CC(O)CC3)cc1. The van der Waals surface area contributed by atoms with Gasteiger partial charge in [0.05, 0.1) is 12.6 Å². The van der Waals surface area contributed by atoms with E-state index in [1.54, 1.807) is 0 Å². The maximum atomic E-state index is 9.69. The van der Waals surface area contributed by atoms with Gasteiger partial charge in [-0.15, -0.1) is 10.2 Å². The van der Waals surface area contributed by atoms with Crippen LogP contribution in [0, 0.1) is 0 Å². The van der Waals surface area contributed by atoms with Gasteiger partial charge in [-0.1, -0.05) is 0 Å². The Kier molecular flexibility index (Phi) is 2.33. The number of hydrogen-bond donors (Lipinski definition) is 2. The van der Waals surface area contributed by atoms with Gasteiger partial charge in [0.1, 0.15) is 5.82 Å². The molecule has 1 aliphatic rings. The fraction of sp³-hybridized carbons (Fsp3) is 0.333. The monoisotopic (exact) mass is 230 g/mol. The number of rotatable bonds is 1. The Bertz CT molecular complexity index is 532. The van der Waals surface area contributed by atoms with Gasteiger partial charge >= 0.3 is 0 Å². The lowest BCUT2D eigenvalue weighted by Gasteiger charge is -2.19. The first-order chi connectivity index (χ1) is 8.24. The predicted octanol–water partition coefficient (Wildman–Crippen LogP) is 0.834. The summed E-state index contributed by atoms with van der Waals surface area (Å²) in [6.07, 6.45) is 1.24. The van der Waals surface area contributed by atoms with E-state index in [9.17, 15) is 5.11 Å². The molecule has 5 nitrogen and oxygen atoms in total. The zero-order chi connectivity index (χ0) is 11.8. The molecule has 1 aromatic heterocycles. The van der Waals surface area contributed by atoms with Crippen molar-refractivity contribution in [3.63, 3.8) is 0 Å². The lowest BCUT2D eigenvalue weighted by atomic mass is 10.1. The van der Waals surface area contributed by atoms with Crippen LogP contribution >= 0.6 is 0 Å². The highest BCUT2D eigenvalue weighted by Crippen LogP contribution is 2.23. The molecule has 88 valence electrons. The second kappa shape index (κ2) is 3.85.